The van der Waals surface area contributed by atoms with Crippen LogP contribution in [0.2, 0.25) is 0 Å². The first-order chi connectivity index (χ1) is 15.6. The first kappa shape index (κ1) is 19.8. The smallest absolute Gasteiger partial charge is 0.264 e. The van der Waals surface area contributed by atoms with E-state index in [1.165, 1.54) is 30.5 Å². The van der Waals surface area contributed by atoms with Crippen LogP contribution in [-0.2, 0) is 11.2 Å². The van der Waals surface area contributed by atoms with Gasteiger partial charge in [0.2, 0.25) is 11.2 Å². The van der Waals surface area contributed by atoms with E-state index in [4.69, 9.17) is 13.9 Å². The Bertz CT molecular complexity index is 1360. The summed E-state index contributed by atoms with van der Waals surface area (Å²) in [6.07, 6.45) is 2.02. The van der Waals surface area contributed by atoms with E-state index < -0.39 is 5.82 Å². The highest BCUT2D eigenvalue weighted by molar-refractivity contribution is 5.96. The fraction of sp³-hybridized carbons (Fsp3) is 0.120. The van der Waals surface area contributed by atoms with Gasteiger partial charge in [-0.2, -0.15) is 0 Å². The third-order valence-corrected chi connectivity index (χ3v) is 5.31. The zero-order valence-electron chi connectivity index (χ0n) is 16.9. The molecule has 1 aliphatic rings. The first-order valence-electron chi connectivity index (χ1n) is 10.1. The number of carbonyl (C=O) groups is 1. The van der Waals surface area contributed by atoms with E-state index >= 15 is 0 Å². The Balaban J connectivity index is 1.30. The van der Waals surface area contributed by atoms with Crippen molar-refractivity contribution in [2.24, 2.45) is 0 Å². The number of ether oxygens (including phenoxy) is 2. The first-order valence-corrected chi connectivity index (χ1v) is 10.1. The molecule has 1 amide bonds. The summed E-state index contributed by atoms with van der Waals surface area (Å²) in [5.41, 5.74) is 2.00. The fourth-order valence-electron chi connectivity index (χ4n) is 3.70. The lowest BCUT2D eigenvalue weighted by Gasteiger charge is -2.17. The van der Waals surface area contributed by atoms with E-state index in [0.717, 1.165) is 17.7 Å². The van der Waals surface area contributed by atoms with Crippen LogP contribution in [0.5, 0.6) is 17.2 Å². The molecule has 0 bridgehead atoms. The van der Waals surface area contributed by atoms with Crippen LogP contribution in [0.15, 0.2) is 82.2 Å². The SMILES string of the molecule is O=C(COc1ccc2c(=O)c(Oc3ccc(F)cc3)coc2c1)N1CCc2ccccc21. The van der Waals surface area contributed by atoms with Gasteiger partial charge >= 0.3 is 0 Å². The van der Waals surface area contributed by atoms with Crippen LogP contribution < -0.4 is 19.8 Å². The number of anilines is 1. The molecule has 0 aliphatic carbocycles. The number of carbonyl (C=O) groups excluding carboxylic acids is 1. The van der Waals surface area contributed by atoms with Gasteiger partial charge in [0.15, 0.2) is 6.61 Å². The van der Waals surface area contributed by atoms with Gasteiger partial charge in [-0.05, 0) is 54.4 Å². The summed E-state index contributed by atoms with van der Waals surface area (Å²) in [5.74, 6) is 0.178. The number of benzene rings is 3. The molecule has 3 aromatic carbocycles. The van der Waals surface area contributed by atoms with Crippen LogP contribution in [0.1, 0.15) is 5.56 Å². The van der Waals surface area contributed by atoms with Crippen LogP contribution in [0.4, 0.5) is 10.1 Å². The number of nitrogens with zero attached hydrogens (tertiary/aromatic N) is 1. The minimum Gasteiger partial charge on any atom is -0.484 e. The molecular weight excluding hydrogens is 413 g/mol. The Morgan fingerprint density at radius 3 is 2.66 bits per heavy atom. The van der Waals surface area contributed by atoms with Crippen molar-refractivity contribution in [1.82, 2.24) is 0 Å². The molecule has 160 valence electrons. The highest BCUT2D eigenvalue weighted by atomic mass is 19.1. The van der Waals surface area contributed by atoms with E-state index in [2.05, 4.69) is 0 Å². The van der Waals surface area contributed by atoms with Crippen molar-refractivity contribution in [3.05, 3.63) is 94.6 Å². The molecule has 0 spiro atoms. The predicted molar refractivity (Wildman–Crippen MR) is 117 cm³/mol. The topological polar surface area (TPSA) is 69.0 Å². The van der Waals surface area contributed by atoms with Crippen molar-refractivity contribution in [1.29, 1.82) is 0 Å². The number of amides is 1. The number of fused-ring (bicyclic) bond motifs is 2. The summed E-state index contributed by atoms with van der Waals surface area (Å²) in [4.78, 5) is 27.1. The van der Waals surface area contributed by atoms with Gasteiger partial charge in [0.05, 0.1) is 5.39 Å². The van der Waals surface area contributed by atoms with Crippen LogP contribution in [0.3, 0.4) is 0 Å². The molecule has 0 radical (unpaired) electrons. The second-order valence-corrected chi connectivity index (χ2v) is 7.36. The number of rotatable bonds is 5. The van der Waals surface area contributed by atoms with Gasteiger partial charge in [0.1, 0.15) is 29.2 Å². The van der Waals surface area contributed by atoms with Crippen molar-refractivity contribution < 1.29 is 23.1 Å². The average Bonchev–Trinajstić information content (AvgIpc) is 3.25. The third kappa shape index (κ3) is 3.80. The predicted octanol–water partition coefficient (Wildman–Crippen LogP) is 4.69. The largest absolute Gasteiger partial charge is 0.484 e. The average molecular weight is 431 g/mol. The van der Waals surface area contributed by atoms with Gasteiger partial charge < -0.3 is 18.8 Å². The summed E-state index contributed by atoms with van der Waals surface area (Å²) in [5, 5.41) is 0.303. The molecule has 32 heavy (non-hydrogen) atoms. The standard InChI is InChI=1S/C25H18FNO5/c26-17-5-7-18(8-6-17)32-23-14-31-22-13-19(9-10-20(22)25(23)29)30-15-24(28)27-12-11-16-3-1-2-4-21(16)27/h1-10,13-14H,11-12,15H2. The second-order valence-electron chi connectivity index (χ2n) is 7.36. The van der Waals surface area contributed by atoms with Crippen LogP contribution in [0, 0.1) is 5.82 Å². The Labute approximate surface area is 182 Å². The van der Waals surface area contributed by atoms with E-state index in [0.29, 0.717) is 29.0 Å². The molecule has 5 rings (SSSR count). The summed E-state index contributed by atoms with van der Waals surface area (Å²) in [6.45, 7) is 0.501. The van der Waals surface area contributed by atoms with Gasteiger partial charge in [-0.25, -0.2) is 4.39 Å². The molecule has 1 aromatic heterocycles. The molecule has 1 aliphatic heterocycles. The van der Waals surface area contributed by atoms with Gasteiger partial charge in [-0.3, -0.25) is 9.59 Å². The van der Waals surface area contributed by atoms with E-state index in [1.54, 1.807) is 23.1 Å². The quantitative estimate of drug-likeness (QED) is 0.459. The monoisotopic (exact) mass is 431 g/mol. The van der Waals surface area contributed by atoms with Crippen molar-refractivity contribution in [2.75, 3.05) is 18.1 Å². The molecule has 0 fully saturated rings. The zero-order valence-corrected chi connectivity index (χ0v) is 16.9. The maximum absolute atomic E-state index is 13.0. The summed E-state index contributed by atoms with van der Waals surface area (Å²) in [7, 11) is 0. The molecule has 4 aromatic rings. The molecule has 7 heteroatoms. The number of hydrogen-bond acceptors (Lipinski definition) is 5. The maximum Gasteiger partial charge on any atom is 0.264 e. The molecule has 0 atom stereocenters. The second kappa shape index (κ2) is 8.19. The van der Waals surface area contributed by atoms with Gasteiger partial charge in [0.25, 0.3) is 5.91 Å². The lowest BCUT2D eigenvalue weighted by atomic mass is 10.2. The third-order valence-electron chi connectivity index (χ3n) is 5.31. The van der Waals surface area contributed by atoms with Gasteiger partial charge in [0, 0.05) is 18.3 Å². The fourth-order valence-corrected chi connectivity index (χ4v) is 3.70. The molecule has 2 heterocycles. The van der Waals surface area contributed by atoms with E-state index in [1.807, 2.05) is 24.3 Å². The number of halogens is 1. The number of hydrogen-bond donors (Lipinski definition) is 0. The van der Waals surface area contributed by atoms with Crippen molar-refractivity contribution in [3.8, 4) is 17.2 Å². The summed E-state index contributed by atoms with van der Waals surface area (Å²) >= 11 is 0. The molecule has 0 saturated heterocycles. The van der Waals surface area contributed by atoms with Crippen LogP contribution in [0.25, 0.3) is 11.0 Å². The lowest BCUT2D eigenvalue weighted by molar-refractivity contribution is -0.120. The minimum atomic E-state index is -0.400. The molecule has 0 saturated carbocycles. The van der Waals surface area contributed by atoms with Crippen molar-refractivity contribution in [3.63, 3.8) is 0 Å². The zero-order chi connectivity index (χ0) is 22.1. The summed E-state index contributed by atoms with van der Waals surface area (Å²) < 4.78 is 29.8. The Kier molecular flexibility index (Phi) is 5.07. The highest BCUT2D eigenvalue weighted by Crippen LogP contribution is 2.28. The molecule has 0 unspecified atom stereocenters. The Hall–Kier alpha value is -4.13. The molecule has 0 N–H and O–H groups in total. The number of para-hydroxylation sites is 1. The molecule has 6 nitrogen and oxygen atoms in total. The lowest BCUT2D eigenvalue weighted by Crippen LogP contribution is -2.33. The minimum absolute atomic E-state index is 0.0133. The Morgan fingerprint density at radius 2 is 1.81 bits per heavy atom. The van der Waals surface area contributed by atoms with Gasteiger partial charge in [-0.15, -0.1) is 0 Å². The summed E-state index contributed by atoms with van der Waals surface area (Å²) in [6, 6.07) is 17.9. The van der Waals surface area contributed by atoms with Crippen LogP contribution >= 0.6 is 0 Å². The van der Waals surface area contributed by atoms with Crippen LogP contribution in [-0.4, -0.2) is 19.1 Å². The Morgan fingerprint density at radius 1 is 1.03 bits per heavy atom. The van der Waals surface area contributed by atoms with Crippen molar-refractivity contribution in [2.45, 2.75) is 6.42 Å². The highest BCUT2D eigenvalue weighted by Gasteiger charge is 2.24. The molecular formula is C25H18FNO5. The van der Waals surface area contributed by atoms with Gasteiger partial charge in [-0.1, -0.05) is 18.2 Å². The van der Waals surface area contributed by atoms with E-state index in [9.17, 15) is 14.0 Å². The van der Waals surface area contributed by atoms with Crippen molar-refractivity contribution >= 4 is 22.6 Å². The maximum atomic E-state index is 13.0. The van der Waals surface area contributed by atoms with E-state index in [-0.39, 0.29) is 23.7 Å². The normalized spacial score (nSPS) is 12.6.